The number of aromatic nitrogens is 2. The van der Waals surface area contributed by atoms with Crippen LogP contribution in [0.3, 0.4) is 0 Å². The average molecular weight is 206 g/mol. The first-order valence-electron chi connectivity index (χ1n) is 5.14. The molecule has 0 unspecified atom stereocenters. The number of anilines is 2. The summed E-state index contributed by atoms with van der Waals surface area (Å²) in [6.07, 6.45) is 3.51. The van der Waals surface area contributed by atoms with Gasteiger partial charge in [-0.05, 0) is 12.0 Å². The van der Waals surface area contributed by atoms with E-state index in [0.29, 0.717) is 18.4 Å². The van der Waals surface area contributed by atoms with Gasteiger partial charge in [-0.25, -0.2) is 4.98 Å². The molecule has 0 saturated heterocycles. The largest absolute Gasteiger partial charge is 0.370 e. The van der Waals surface area contributed by atoms with Crippen molar-refractivity contribution in [3.63, 3.8) is 0 Å². The Kier molecular flexibility index (Phi) is 4.60. The lowest BCUT2D eigenvalue weighted by Crippen LogP contribution is -2.10. The zero-order valence-corrected chi connectivity index (χ0v) is 9.33. The van der Waals surface area contributed by atoms with Crippen LogP contribution in [0, 0.1) is 5.92 Å². The first-order chi connectivity index (χ1) is 7.22. The summed E-state index contributed by atoms with van der Waals surface area (Å²) in [7, 11) is 0. The molecular formula is C11H18N4. The molecule has 1 heterocycles. The summed E-state index contributed by atoms with van der Waals surface area (Å²) in [5, 5.41) is 6.29. The lowest BCUT2D eigenvalue weighted by Gasteiger charge is -2.09. The third kappa shape index (κ3) is 4.44. The van der Waals surface area contributed by atoms with Crippen LogP contribution in [0.5, 0.6) is 0 Å². The maximum absolute atomic E-state index is 4.30. The van der Waals surface area contributed by atoms with Crippen LogP contribution >= 0.6 is 0 Å². The first-order valence-corrected chi connectivity index (χ1v) is 5.14. The second kappa shape index (κ2) is 6.01. The van der Waals surface area contributed by atoms with Crippen LogP contribution < -0.4 is 10.6 Å². The monoisotopic (exact) mass is 206 g/mol. The lowest BCUT2D eigenvalue weighted by atomic mass is 10.2. The SMILES string of the molecule is C=CCNc1nccc(NCC(C)C)n1. The van der Waals surface area contributed by atoms with Crippen molar-refractivity contribution in [3.8, 4) is 0 Å². The van der Waals surface area contributed by atoms with E-state index in [1.54, 1.807) is 12.3 Å². The van der Waals surface area contributed by atoms with E-state index in [2.05, 4.69) is 41.0 Å². The second-order valence-electron chi connectivity index (χ2n) is 3.71. The van der Waals surface area contributed by atoms with Gasteiger partial charge in [0.25, 0.3) is 0 Å². The Morgan fingerprint density at radius 3 is 2.93 bits per heavy atom. The molecule has 0 aliphatic rings. The van der Waals surface area contributed by atoms with Gasteiger partial charge in [0, 0.05) is 19.3 Å². The van der Waals surface area contributed by atoms with Gasteiger partial charge in [0.2, 0.25) is 5.95 Å². The molecule has 0 aliphatic heterocycles. The highest BCUT2D eigenvalue weighted by Gasteiger charge is 1.98. The van der Waals surface area contributed by atoms with Crippen molar-refractivity contribution in [2.75, 3.05) is 23.7 Å². The predicted octanol–water partition coefficient (Wildman–Crippen LogP) is 2.14. The summed E-state index contributed by atoms with van der Waals surface area (Å²) < 4.78 is 0. The van der Waals surface area contributed by atoms with Crippen molar-refractivity contribution in [1.82, 2.24) is 9.97 Å². The summed E-state index contributed by atoms with van der Waals surface area (Å²) in [5.41, 5.74) is 0. The summed E-state index contributed by atoms with van der Waals surface area (Å²) in [6.45, 7) is 9.53. The summed E-state index contributed by atoms with van der Waals surface area (Å²) in [4.78, 5) is 8.40. The van der Waals surface area contributed by atoms with Crippen molar-refractivity contribution in [2.24, 2.45) is 5.92 Å². The van der Waals surface area contributed by atoms with Gasteiger partial charge in [0.1, 0.15) is 5.82 Å². The molecule has 0 spiro atoms. The lowest BCUT2D eigenvalue weighted by molar-refractivity contribution is 0.687. The second-order valence-corrected chi connectivity index (χ2v) is 3.71. The predicted molar refractivity (Wildman–Crippen MR) is 64.0 cm³/mol. The Morgan fingerprint density at radius 1 is 1.47 bits per heavy atom. The number of nitrogens with one attached hydrogen (secondary N) is 2. The van der Waals surface area contributed by atoms with E-state index in [1.807, 2.05) is 6.07 Å². The maximum Gasteiger partial charge on any atom is 0.224 e. The molecule has 0 atom stereocenters. The van der Waals surface area contributed by atoms with Crippen LogP contribution in [0.25, 0.3) is 0 Å². The Balaban J connectivity index is 2.53. The molecule has 2 N–H and O–H groups in total. The van der Waals surface area contributed by atoms with Crippen LogP contribution in [0.1, 0.15) is 13.8 Å². The van der Waals surface area contributed by atoms with E-state index < -0.39 is 0 Å². The average Bonchev–Trinajstić information content (AvgIpc) is 2.24. The van der Waals surface area contributed by atoms with Crippen LogP contribution in [0.4, 0.5) is 11.8 Å². The molecular weight excluding hydrogens is 188 g/mol. The van der Waals surface area contributed by atoms with Gasteiger partial charge in [-0.15, -0.1) is 6.58 Å². The Hall–Kier alpha value is -1.58. The molecule has 1 rings (SSSR count). The highest BCUT2D eigenvalue weighted by atomic mass is 15.1. The summed E-state index contributed by atoms with van der Waals surface area (Å²) in [5.74, 6) is 2.08. The van der Waals surface area contributed by atoms with Crippen molar-refractivity contribution in [1.29, 1.82) is 0 Å². The third-order valence-electron chi connectivity index (χ3n) is 1.75. The van der Waals surface area contributed by atoms with Crippen molar-refractivity contribution in [2.45, 2.75) is 13.8 Å². The first kappa shape index (κ1) is 11.5. The van der Waals surface area contributed by atoms with E-state index >= 15 is 0 Å². The van der Waals surface area contributed by atoms with Crippen molar-refractivity contribution in [3.05, 3.63) is 24.9 Å². The minimum Gasteiger partial charge on any atom is -0.370 e. The molecule has 0 aliphatic carbocycles. The van der Waals surface area contributed by atoms with Crippen LogP contribution in [0.15, 0.2) is 24.9 Å². The van der Waals surface area contributed by atoms with Gasteiger partial charge in [-0.1, -0.05) is 19.9 Å². The van der Waals surface area contributed by atoms with Crippen molar-refractivity contribution < 1.29 is 0 Å². The Morgan fingerprint density at radius 2 is 2.27 bits per heavy atom. The highest BCUT2D eigenvalue weighted by molar-refractivity contribution is 5.39. The summed E-state index contributed by atoms with van der Waals surface area (Å²) >= 11 is 0. The van der Waals surface area contributed by atoms with Crippen LogP contribution in [0.2, 0.25) is 0 Å². The Labute approximate surface area is 90.8 Å². The van der Waals surface area contributed by atoms with Gasteiger partial charge < -0.3 is 10.6 Å². The van der Waals surface area contributed by atoms with Gasteiger partial charge >= 0.3 is 0 Å². The molecule has 15 heavy (non-hydrogen) atoms. The maximum atomic E-state index is 4.30. The minimum absolute atomic E-state index is 0.601. The number of rotatable bonds is 6. The van der Waals surface area contributed by atoms with Crippen LogP contribution in [-0.4, -0.2) is 23.1 Å². The number of hydrogen-bond donors (Lipinski definition) is 2. The molecule has 0 radical (unpaired) electrons. The highest BCUT2D eigenvalue weighted by Crippen LogP contribution is 2.06. The molecule has 0 saturated carbocycles. The van der Waals surface area contributed by atoms with E-state index in [1.165, 1.54) is 0 Å². The van der Waals surface area contributed by atoms with Gasteiger partial charge in [-0.3, -0.25) is 0 Å². The molecule has 0 bridgehead atoms. The normalized spacial score (nSPS) is 10.1. The smallest absolute Gasteiger partial charge is 0.224 e. The van der Waals surface area contributed by atoms with Gasteiger partial charge in [0.05, 0.1) is 0 Å². The molecule has 1 aromatic heterocycles. The standard InChI is InChI=1S/C11H18N4/c1-4-6-12-11-13-7-5-10(15-11)14-8-9(2)3/h4-5,7,9H,1,6,8H2,2-3H3,(H2,12,13,14,15). The van der Waals surface area contributed by atoms with E-state index in [0.717, 1.165) is 12.4 Å². The molecule has 1 aromatic rings. The summed E-state index contributed by atoms with van der Waals surface area (Å²) in [6, 6.07) is 1.86. The molecule has 0 aromatic carbocycles. The third-order valence-corrected chi connectivity index (χ3v) is 1.75. The number of nitrogens with zero attached hydrogens (tertiary/aromatic N) is 2. The molecule has 4 nitrogen and oxygen atoms in total. The van der Waals surface area contributed by atoms with Gasteiger partial charge in [0.15, 0.2) is 0 Å². The quantitative estimate of drug-likeness (QED) is 0.700. The minimum atomic E-state index is 0.601. The number of hydrogen-bond acceptors (Lipinski definition) is 4. The molecule has 82 valence electrons. The molecule has 4 heteroatoms. The van der Waals surface area contributed by atoms with Crippen molar-refractivity contribution >= 4 is 11.8 Å². The fourth-order valence-electron chi connectivity index (χ4n) is 1.01. The zero-order chi connectivity index (χ0) is 11.1. The Bertz CT molecular complexity index is 309. The van der Waals surface area contributed by atoms with Gasteiger partial charge in [-0.2, -0.15) is 4.98 Å². The fourth-order valence-corrected chi connectivity index (χ4v) is 1.01. The van der Waals surface area contributed by atoms with E-state index in [9.17, 15) is 0 Å². The topological polar surface area (TPSA) is 49.8 Å². The van der Waals surface area contributed by atoms with Crippen LogP contribution in [-0.2, 0) is 0 Å². The molecule has 0 fully saturated rings. The molecule has 0 amide bonds. The zero-order valence-electron chi connectivity index (χ0n) is 9.33. The van der Waals surface area contributed by atoms with E-state index in [-0.39, 0.29) is 0 Å². The fraction of sp³-hybridized carbons (Fsp3) is 0.455. The van der Waals surface area contributed by atoms with E-state index in [4.69, 9.17) is 0 Å².